The normalized spacial score (nSPS) is 24.0. The first-order valence-corrected chi connectivity index (χ1v) is 3.68. The van der Waals surface area contributed by atoms with Gasteiger partial charge in [0.2, 0.25) is 0 Å². The molecule has 0 N–H and O–H groups in total. The van der Waals surface area contributed by atoms with E-state index >= 15 is 0 Å². The Morgan fingerprint density at radius 3 is 2.80 bits per heavy atom. The fraction of sp³-hybridized carbons (Fsp3) is 0.333. The van der Waals surface area contributed by atoms with Gasteiger partial charge in [0, 0.05) is 6.16 Å². The van der Waals surface area contributed by atoms with Crippen molar-refractivity contribution in [2.24, 2.45) is 0 Å². The van der Waals surface area contributed by atoms with Crippen molar-refractivity contribution in [1.82, 2.24) is 0 Å². The standard InChI is InChI=1S/C3H4P2/c1-2-5-3-4-1/h1,3H,2H2. The molecule has 1 aliphatic heterocycles. The number of rotatable bonds is 0. The van der Waals surface area contributed by atoms with Crippen LogP contribution in [0, 0.1) is 0 Å². The lowest BCUT2D eigenvalue weighted by Crippen LogP contribution is -1.55. The minimum absolute atomic E-state index is 1.28. The van der Waals surface area contributed by atoms with Crippen LogP contribution in [-0.4, -0.2) is 17.5 Å². The fourth-order valence-corrected chi connectivity index (χ4v) is 2.12. The van der Waals surface area contributed by atoms with Crippen molar-refractivity contribution >= 4 is 27.7 Å². The third kappa shape index (κ3) is 0.833. The van der Waals surface area contributed by atoms with Gasteiger partial charge in [-0.25, -0.2) is 0 Å². The molecule has 0 atom stereocenters. The molecule has 26 valence electrons. The Balaban J connectivity index is 2.61. The molecule has 1 rings (SSSR count). The zero-order chi connectivity index (χ0) is 3.54. The summed E-state index contributed by atoms with van der Waals surface area (Å²) in [6.45, 7) is 0. The van der Waals surface area contributed by atoms with E-state index < -0.39 is 0 Å². The topological polar surface area (TPSA) is 0 Å². The quantitative estimate of drug-likeness (QED) is 0.406. The summed E-state index contributed by atoms with van der Waals surface area (Å²) in [5, 5.41) is 0. The maximum atomic E-state index is 2.27. The molecule has 0 aliphatic carbocycles. The summed E-state index contributed by atoms with van der Waals surface area (Å²) in [5.74, 6) is 2.27. The second-order valence-electron chi connectivity index (χ2n) is 0.812. The molecular formula is C3H4P2. The van der Waals surface area contributed by atoms with E-state index in [2.05, 4.69) is 11.3 Å². The smallest absolute Gasteiger partial charge is 0.0124 e. The molecule has 1 aliphatic rings. The Morgan fingerprint density at radius 2 is 2.60 bits per heavy atom. The monoisotopic (exact) mass is 102 g/mol. The van der Waals surface area contributed by atoms with Crippen LogP contribution in [-0.2, 0) is 0 Å². The van der Waals surface area contributed by atoms with Gasteiger partial charge in [-0.2, -0.15) is 0 Å². The van der Waals surface area contributed by atoms with Crippen LogP contribution in [0.15, 0.2) is 0 Å². The van der Waals surface area contributed by atoms with Gasteiger partial charge < -0.3 is 0 Å². The molecule has 0 radical (unpaired) electrons. The minimum Gasteiger partial charge on any atom is -0.0950 e. The van der Waals surface area contributed by atoms with Crippen LogP contribution in [0.1, 0.15) is 0 Å². The Bertz CT molecular complexity index is 63.0. The maximum Gasteiger partial charge on any atom is 0.0124 e. The highest BCUT2D eigenvalue weighted by Crippen LogP contribution is 2.06. The van der Waals surface area contributed by atoms with Crippen LogP contribution in [0.5, 0.6) is 0 Å². The summed E-state index contributed by atoms with van der Waals surface area (Å²) in [5.41, 5.74) is 2.25. The van der Waals surface area contributed by atoms with E-state index in [1.165, 1.54) is 22.6 Å². The molecule has 0 nitrogen and oxygen atoms in total. The van der Waals surface area contributed by atoms with Gasteiger partial charge >= 0.3 is 0 Å². The van der Waals surface area contributed by atoms with Crippen molar-refractivity contribution in [3.63, 3.8) is 0 Å². The van der Waals surface area contributed by atoms with Crippen LogP contribution in [0.3, 0.4) is 0 Å². The van der Waals surface area contributed by atoms with E-state index in [0.29, 0.717) is 0 Å². The molecule has 0 aromatic rings. The van der Waals surface area contributed by atoms with Gasteiger partial charge in [0.1, 0.15) is 0 Å². The average Bonchev–Trinajstić information content (AvgIpc) is 1.76. The van der Waals surface area contributed by atoms with Gasteiger partial charge in [-0.1, -0.05) is 16.4 Å². The Morgan fingerprint density at radius 1 is 1.60 bits per heavy atom. The van der Waals surface area contributed by atoms with Gasteiger partial charge in [-0.15, -0.1) is 0 Å². The largest absolute Gasteiger partial charge is 0.0950 e. The molecule has 0 saturated heterocycles. The maximum absolute atomic E-state index is 2.27. The molecule has 0 bridgehead atoms. The van der Waals surface area contributed by atoms with Crippen molar-refractivity contribution in [3.8, 4) is 0 Å². The number of hydrogen-bond donors (Lipinski definition) is 0. The molecule has 5 heavy (non-hydrogen) atoms. The van der Waals surface area contributed by atoms with Gasteiger partial charge in [0.15, 0.2) is 0 Å². The lowest BCUT2D eigenvalue weighted by Gasteiger charge is -1.55. The van der Waals surface area contributed by atoms with Crippen molar-refractivity contribution < 1.29 is 0 Å². The molecule has 0 amide bonds. The predicted molar refractivity (Wildman–Crippen MR) is 30.8 cm³/mol. The third-order valence-corrected chi connectivity index (χ3v) is 2.70. The second-order valence-corrected chi connectivity index (χ2v) is 3.13. The Labute approximate surface area is 34.8 Å². The van der Waals surface area contributed by atoms with Gasteiger partial charge in [-0.05, 0) is 11.3 Å². The molecular weight excluding hydrogens is 98.0 g/mol. The molecule has 0 unspecified atom stereocenters. The van der Waals surface area contributed by atoms with E-state index in [0.717, 1.165) is 0 Å². The second kappa shape index (κ2) is 1.70. The van der Waals surface area contributed by atoms with E-state index in [4.69, 9.17) is 0 Å². The lowest BCUT2D eigenvalue weighted by atomic mass is 11.0. The first kappa shape index (κ1) is 3.53. The highest BCUT2D eigenvalue weighted by atomic mass is 31.1. The fourth-order valence-electron chi connectivity index (χ4n) is 0.236. The van der Waals surface area contributed by atoms with Crippen LogP contribution < -0.4 is 0 Å². The summed E-state index contributed by atoms with van der Waals surface area (Å²) in [6, 6.07) is 0. The minimum atomic E-state index is 1.28. The summed E-state index contributed by atoms with van der Waals surface area (Å²) >= 11 is 0. The summed E-state index contributed by atoms with van der Waals surface area (Å²) < 4.78 is 0. The van der Waals surface area contributed by atoms with Crippen LogP contribution in [0.4, 0.5) is 0 Å². The highest BCUT2D eigenvalue weighted by Gasteiger charge is 1.74. The van der Waals surface area contributed by atoms with Crippen LogP contribution in [0.25, 0.3) is 0 Å². The van der Waals surface area contributed by atoms with Crippen molar-refractivity contribution in [2.75, 3.05) is 6.16 Å². The van der Waals surface area contributed by atoms with Crippen LogP contribution in [0.2, 0.25) is 0 Å². The SMILES string of the molecule is C1=PC=PC1. The van der Waals surface area contributed by atoms with Crippen molar-refractivity contribution in [1.29, 1.82) is 0 Å². The molecule has 0 spiro atoms. The van der Waals surface area contributed by atoms with Crippen LogP contribution >= 0.6 is 16.4 Å². The molecule has 0 fully saturated rings. The first-order chi connectivity index (χ1) is 2.50. The lowest BCUT2D eigenvalue weighted by molar-refractivity contribution is 2.17. The summed E-state index contributed by atoms with van der Waals surface area (Å²) in [4.78, 5) is 0. The van der Waals surface area contributed by atoms with E-state index in [-0.39, 0.29) is 0 Å². The first-order valence-electron chi connectivity index (χ1n) is 1.50. The highest BCUT2D eigenvalue weighted by molar-refractivity contribution is 7.73. The molecule has 2 heteroatoms. The van der Waals surface area contributed by atoms with Gasteiger partial charge in [0.25, 0.3) is 0 Å². The van der Waals surface area contributed by atoms with Gasteiger partial charge in [0.05, 0.1) is 0 Å². The molecule has 0 aromatic carbocycles. The van der Waals surface area contributed by atoms with E-state index in [9.17, 15) is 0 Å². The van der Waals surface area contributed by atoms with E-state index in [1.807, 2.05) is 0 Å². The summed E-state index contributed by atoms with van der Waals surface area (Å²) in [7, 11) is 2.93. The average molecular weight is 102 g/mol. The Hall–Kier alpha value is 0.340. The molecule has 1 heterocycles. The van der Waals surface area contributed by atoms with Crippen molar-refractivity contribution in [2.45, 2.75) is 0 Å². The predicted octanol–water partition coefficient (Wildman–Crippen LogP) is 1.45. The molecule has 0 aromatic heterocycles. The van der Waals surface area contributed by atoms with E-state index in [1.54, 1.807) is 0 Å². The number of hydrogen-bond acceptors (Lipinski definition) is 0. The Kier molecular flexibility index (Phi) is 1.20. The zero-order valence-corrected chi connectivity index (χ0v) is 4.55. The van der Waals surface area contributed by atoms with Crippen molar-refractivity contribution in [3.05, 3.63) is 0 Å². The zero-order valence-electron chi connectivity index (χ0n) is 2.76. The van der Waals surface area contributed by atoms with Gasteiger partial charge in [-0.3, -0.25) is 0 Å². The third-order valence-electron chi connectivity index (χ3n) is 0.441. The molecule has 0 saturated carbocycles. The summed E-state index contributed by atoms with van der Waals surface area (Å²) in [6.07, 6.45) is 1.28.